The van der Waals surface area contributed by atoms with E-state index >= 15 is 0 Å². The quantitative estimate of drug-likeness (QED) is 0.337. The number of aryl methyl sites for hydroxylation is 1. The first kappa shape index (κ1) is 23.6. The first-order chi connectivity index (χ1) is 15.2. The molecule has 1 fully saturated rings. The maximum atomic E-state index is 12.9. The predicted molar refractivity (Wildman–Crippen MR) is 119 cm³/mol. The Kier molecular flexibility index (Phi) is 7.40. The number of thioether (sulfide) groups is 1. The average molecular weight is 459 g/mol. The van der Waals surface area contributed by atoms with E-state index in [9.17, 15) is 19.2 Å². The van der Waals surface area contributed by atoms with Crippen LogP contribution in [-0.2, 0) is 14.3 Å². The molecule has 1 unspecified atom stereocenters. The van der Waals surface area contributed by atoms with Gasteiger partial charge in [0.1, 0.15) is 0 Å². The van der Waals surface area contributed by atoms with Gasteiger partial charge < -0.3 is 19.8 Å². The van der Waals surface area contributed by atoms with Crippen LogP contribution in [-0.4, -0.2) is 53.6 Å². The van der Waals surface area contributed by atoms with Gasteiger partial charge >= 0.3 is 11.9 Å². The monoisotopic (exact) mass is 458 g/mol. The molecule has 0 saturated heterocycles. The minimum Gasteiger partial charge on any atom is -0.465 e. The molecule has 2 aromatic rings. The molecule has 1 aromatic heterocycles. The summed E-state index contributed by atoms with van der Waals surface area (Å²) in [6, 6.07) is 7.07. The van der Waals surface area contributed by atoms with E-state index in [1.54, 1.807) is 38.1 Å². The summed E-state index contributed by atoms with van der Waals surface area (Å²) < 4.78 is 10.2. The third-order valence-electron chi connectivity index (χ3n) is 5.13. The third kappa shape index (κ3) is 5.40. The maximum Gasteiger partial charge on any atom is 0.339 e. The van der Waals surface area contributed by atoms with Gasteiger partial charge in [0.05, 0.1) is 29.7 Å². The van der Waals surface area contributed by atoms with Crippen LogP contribution in [0.15, 0.2) is 29.2 Å². The molecular weight excluding hydrogens is 432 g/mol. The van der Waals surface area contributed by atoms with Crippen LogP contribution in [0.1, 0.15) is 62.2 Å². The maximum absolute atomic E-state index is 12.9. The number of hydrogen-bond donors (Lipinski definition) is 2. The van der Waals surface area contributed by atoms with Crippen molar-refractivity contribution >= 4 is 35.4 Å². The Morgan fingerprint density at radius 1 is 1.16 bits per heavy atom. The zero-order valence-corrected chi connectivity index (χ0v) is 19.3. The van der Waals surface area contributed by atoms with E-state index < -0.39 is 23.8 Å². The topological polar surface area (TPSA) is 115 Å². The summed E-state index contributed by atoms with van der Waals surface area (Å²) >= 11 is 1.24. The number of Topliss-reactive ketones (excluding diaryl/α,β-unsaturated/α-hetero) is 1. The van der Waals surface area contributed by atoms with Gasteiger partial charge in [-0.15, -0.1) is 11.8 Å². The van der Waals surface area contributed by atoms with Crippen LogP contribution < -0.4 is 5.32 Å². The van der Waals surface area contributed by atoms with Gasteiger partial charge in [-0.05, 0) is 51.3 Å². The average Bonchev–Trinajstić information content (AvgIpc) is 3.53. The molecule has 0 spiro atoms. The van der Waals surface area contributed by atoms with Gasteiger partial charge in [0, 0.05) is 16.6 Å². The number of ether oxygens (including phenoxy) is 2. The van der Waals surface area contributed by atoms with Crippen LogP contribution in [0.4, 0.5) is 0 Å². The lowest BCUT2D eigenvalue weighted by Crippen LogP contribution is -2.27. The van der Waals surface area contributed by atoms with Gasteiger partial charge in [0.25, 0.3) is 0 Å². The highest BCUT2D eigenvalue weighted by atomic mass is 32.2. The Hall–Kier alpha value is -3.07. The van der Waals surface area contributed by atoms with Crippen LogP contribution in [0.25, 0.3) is 0 Å². The highest BCUT2D eigenvalue weighted by molar-refractivity contribution is 8.00. The van der Waals surface area contributed by atoms with Gasteiger partial charge in [0.15, 0.2) is 6.10 Å². The van der Waals surface area contributed by atoms with Gasteiger partial charge in [-0.3, -0.25) is 9.59 Å². The molecule has 0 aliphatic heterocycles. The van der Waals surface area contributed by atoms with Gasteiger partial charge in [-0.2, -0.15) is 0 Å². The number of methoxy groups -OCH3 is 1. The summed E-state index contributed by atoms with van der Waals surface area (Å²) in [7, 11) is 1.27. The smallest absolute Gasteiger partial charge is 0.339 e. The van der Waals surface area contributed by atoms with E-state index in [1.165, 1.54) is 25.8 Å². The number of nitrogens with one attached hydrogen (secondary N) is 2. The highest BCUT2D eigenvalue weighted by Gasteiger charge is 2.28. The summed E-state index contributed by atoms with van der Waals surface area (Å²) in [6.07, 6.45) is 0.930. The number of H-pyrrole nitrogens is 1. The lowest BCUT2D eigenvalue weighted by Gasteiger charge is -2.14. The predicted octanol–water partition coefficient (Wildman–Crippen LogP) is 3.22. The molecule has 1 amide bonds. The van der Waals surface area contributed by atoms with Crippen molar-refractivity contribution in [3.8, 4) is 0 Å². The number of rotatable bonds is 9. The van der Waals surface area contributed by atoms with Crippen molar-refractivity contribution in [2.45, 2.75) is 50.7 Å². The molecule has 1 saturated carbocycles. The summed E-state index contributed by atoms with van der Waals surface area (Å²) in [5.74, 6) is -1.56. The number of esters is 2. The molecule has 1 aromatic carbocycles. The van der Waals surface area contributed by atoms with Crippen LogP contribution >= 0.6 is 11.8 Å². The fraction of sp³-hybridized carbons (Fsp3) is 0.391. The summed E-state index contributed by atoms with van der Waals surface area (Å²) in [5.41, 5.74) is 1.72. The Morgan fingerprint density at radius 2 is 1.84 bits per heavy atom. The molecule has 32 heavy (non-hydrogen) atoms. The Morgan fingerprint density at radius 3 is 2.50 bits per heavy atom. The van der Waals surface area contributed by atoms with E-state index in [0.29, 0.717) is 21.7 Å². The molecule has 2 N–H and O–H groups in total. The summed E-state index contributed by atoms with van der Waals surface area (Å²) in [4.78, 5) is 53.1. The van der Waals surface area contributed by atoms with Gasteiger partial charge in [-0.25, -0.2) is 9.59 Å². The first-order valence-electron chi connectivity index (χ1n) is 10.3. The van der Waals surface area contributed by atoms with Gasteiger partial charge in [0.2, 0.25) is 11.7 Å². The summed E-state index contributed by atoms with van der Waals surface area (Å²) in [6.45, 7) is 4.78. The molecule has 1 heterocycles. The van der Waals surface area contributed by atoms with Crippen molar-refractivity contribution in [2.24, 2.45) is 0 Å². The Bertz CT molecular complexity index is 1060. The van der Waals surface area contributed by atoms with E-state index in [0.717, 1.165) is 12.8 Å². The van der Waals surface area contributed by atoms with Crippen molar-refractivity contribution in [3.63, 3.8) is 0 Å². The van der Waals surface area contributed by atoms with Crippen LogP contribution in [0.3, 0.4) is 0 Å². The van der Waals surface area contributed by atoms with Crippen molar-refractivity contribution in [1.29, 1.82) is 0 Å². The molecule has 0 bridgehead atoms. The first-order valence-corrected chi connectivity index (χ1v) is 11.2. The standard InChI is InChI=1S/C23H26N2O6S/c1-12-19(23(29)30-4)13(2)24-20(12)21(27)14(3)31-22(28)16-7-5-6-8-17(16)32-11-18(26)25-15-9-10-15/h5-8,14-15,24H,9-11H2,1-4H3,(H,25,26). The fourth-order valence-electron chi connectivity index (χ4n) is 3.29. The second-order valence-electron chi connectivity index (χ2n) is 7.65. The van der Waals surface area contributed by atoms with Crippen LogP contribution in [0.5, 0.6) is 0 Å². The minimum atomic E-state index is -1.08. The van der Waals surface area contributed by atoms with Crippen molar-refractivity contribution in [3.05, 3.63) is 52.3 Å². The zero-order valence-electron chi connectivity index (χ0n) is 18.4. The molecule has 9 heteroatoms. The number of hydrogen-bond acceptors (Lipinski definition) is 7. The molecule has 1 atom stereocenters. The molecule has 1 aliphatic carbocycles. The minimum absolute atomic E-state index is 0.0804. The third-order valence-corrected chi connectivity index (χ3v) is 6.21. The molecule has 3 rings (SSSR count). The SMILES string of the molecule is COC(=O)c1c(C)[nH]c(C(=O)C(C)OC(=O)c2ccccc2SCC(=O)NC2CC2)c1C. The number of carbonyl (C=O) groups excluding carboxylic acids is 4. The molecule has 8 nitrogen and oxygen atoms in total. The van der Waals surface area contributed by atoms with Crippen molar-refractivity contribution in [2.75, 3.05) is 12.9 Å². The van der Waals surface area contributed by atoms with E-state index in [1.807, 2.05) is 0 Å². The Balaban J connectivity index is 1.68. The number of aromatic amines is 1. The molecule has 1 aliphatic rings. The summed E-state index contributed by atoms with van der Waals surface area (Å²) in [5, 5.41) is 2.91. The van der Waals surface area contributed by atoms with Crippen molar-refractivity contribution < 1.29 is 28.7 Å². The van der Waals surface area contributed by atoms with Crippen LogP contribution in [0.2, 0.25) is 0 Å². The molecule has 170 valence electrons. The fourth-order valence-corrected chi connectivity index (χ4v) is 4.14. The van der Waals surface area contributed by atoms with Crippen LogP contribution in [0, 0.1) is 13.8 Å². The second kappa shape index (κ2) is 10.0. The highest BCUT2D eigenvalue weighted by Crippen LogP contribution is 2.26. The van der Waals surface area contributed by atoms with E-state index in [4.69, 9.17) is 9.47 Å². The van der Waals surface area contributed by atoms with E-state index in [2.05, 4.69) is 10.3 Å². The zero-order chi connectivity index (χ0) is 23.4. The molecule has 0 radical (unpaired) electrons. The Labute approximate surface area is 190 Å². The number of benzene rings is 1. The lowest BCUT2D eigenvalue weighted by atomic mass is 10.1. The largest absolute Gasteiger partial charge is 0.465 e. The second-order valence-corrected chi connectivity index (χ2v) is 8.67. The lowest BCUT2D eigenvalue weighted by molar-refractivity contribution is -0.118. The number of ketones is 1. The number of aromatic nitrogens is 1. The normalized spacial score (nSPS) is 13.9. The van der Waals surface area contributed by atoms with E-state index in [-0.39, 0.29) is 29.0 Å². The molecular formula is C23H26N2O6S. The number of carbonyl (C=O) groups is 4. The number of amides is 1. The van der Waals surface area contributed by atoms with Gasteiger partial charge in [-0.1, -0.05) is 12.1 Å². The van der Waals surface area contributed by atoms with Crippen molar-refractivity contribution in [1.82, 2.24) is 10.3 Å².